The molecule has 1 aliphatic rings. The predicted molar refractivity (Wildman–Crippen MR) is 82.5 cm³/mol. The second kappa shape index (κ2) is 6.04. The Kier molecular flexibility index (Phi) is 4.37. The van der Waals surface area contributed by atoms with Crippen molar-refractivity contribution >= 4 is 17.5 Å². The number of anilines is 2. The van der Waals surface area contributed by atoms with Crippen molar-refractivity contribution in [2.75, 3.05) is 23.3 Å². The van der Waals surface area contributed by atoms with Crippen molar-refractivity contribution in [3.8, 4) is 6.07 Å². The lowest BCUT2D eigenvalue weighted by atomic mass is 10.1. The van der Waals surface area contributed by atoms with Crippen LogP contribution in [0, 0.1) is 11.3 Å². The molecule has 1 heterocycles. The van der Waals surface area contributed by atoms with Crippen LogP contribution in [0.1, 0.15) is 39.2 Å². The van der Waals surface area contributed by atoms with Gasteiger partial charge in [0.2, 0.25) is 0 Å². The summed E-state index contributed by atoms with van der Waals surface area (Å²) in [5, 5.41) is 12.0. The summed E-state index contributed by atoms with van der Waals surface area (Å²) < 4.78 is 5.20. The lowest BCUT2D eigenvalue weighted by Gasteiger charge is -2.21. The van der Waals surface area contributed by atoms with Crippen LogP contribution in [-0.2, 0) is 4.74 Å². The summed E-state index contributed by atoms with van der Waals surface area (Å²) in [6.07, 6.45) is 1.80. The Morgan fingerprint density at radius 3 is 2.57 bits per heavy atom. The van der Waals surface area contributed by atoms with Gasteiger partial charge in [-0.1, -0.05) is 0 Å². The molecule has 0 saturated carbocycles. The molecule has 1 N–H and O–H groups in total. The van der Waals surface area contributed by atoms with E-state index in [1.807, 2.05) is 26.8 Å². The molecule has 5 heteroatoms. The maximum Gasteiger partial charge on any atom is 0.412 e. The third kappa shape index (κ3) is 4.12. The highest BCUT2D eigenvalue weighted by Gasteiger charge is 2.18. The molecule has 0 spiro atoms. The normalized spacial score (nSPS) is 14.7. The van der Waals surface area contributed by atoms with E-state index in [1.165, 1.54) is 0 Å². The second-order valence-electron chi connectivity index (χ2n) is 6.16. The Labute approximate surface area is 125 Å². The molecular formula is C16H21N3O2. The van der Waals surface area contributed by atoms with Gasteiger partial charge in [0.05, 0.1) is 11.3 Å². The fourth-order valence-corrected chi connectivity index (χ4v) is 2.36. The van der Waals surface area contributed by atoms with Gasteiger partial charge in [0.15, 0.2) is 0 Å². The van der Waals surface area contributed by atoms with E-state index in [9.17, 15) is 10.1 Å². The van der Waals surface area contributed by atoms with Gasteiger partial charge in [-0.25, -0.2) is 4.79 Å². The van der Waals surface area contributed by atoms with E-state index in [4.69, 9.17) is 4.74 Å². The second-order valence-corrected chi connectivity index (χ2v) is 6.16. The van der Waals surface area contributed by atoms with E-state index in [0.717, 1.165) is 31.6 Å². The first kappa shape index (κ1) is 15.2. The van der Waals surface area contributed by atoms with Gasteiger partial charge in [-0.05, 0) is 51.8 Å². The molecule has 0 aromatic heterocycles. The standard InChI is InChI=1S/C16H21N3O2/c1-16(2,3)21-15(20)18-13-6-7-14(12(10-13)11-17)19-8-4-5-9-19/h6-7,10H,4-5,8-9H2,1-3H3,(H,18,20). The van der Waals surface area contributed by atoms with E-state index in [1.54, 1.807) is 12.1 Å². The zero-order chi connectivity index (χ0) is 15.5. The van der Waals surface area contributed by atoms with Crippen molar-refractivity contribution in [2.45, 2.75) is 39.2 Å². The minimum absolute atomic E-state index is 0.514. The molecular weight excluding hydrogens is 266 g/mol. The summed E-state index contributed by atoms with van der Waals surface area (Å²) in [5.41, 5.74) is 1.54. The van der Waals surface area contributed by atoms with Gasteiger partial charge in [0.1, 0.15) is 11.7 Å². The quantitative estimate of drug-likeness (QED) is 0.904. The number of benzene rings is 1. The average Bonchev–Trinajstić information content (AvgIpc) is 2.89. The summed E-state index contributed by atoms with van der Waals surface area (Å²) in [6.45, 7) is 7.39. The van der Waals surface area contributed by atoms with Gasteiger partial charge >= 0.3 is 6.09 Å². The third-order valence-corrected chi connectivity index (χ3v) is 3.21. The number of nitriles is 1. The van der Waals surface area contributed by atoms with Crippen molar-refractivity contribution in [3.05, 3.63) is 23.8 Å². The van der Waals surface area contributed by atoms with Crippen LogP contribution in [0.25, 0.3) is 0 Å². The van der Waals surface area contributed by atoms with Crippen LogP contribution in [-0.4, -0.2) is 24.8 Å². The molecule has 0 radical (unpaired) electrons. The van der Waals surface area contributed by atoms with Crippen molar-refractivity contribution in [1.82, 2.24) is 0 Å². The van der Waals surface area contributed by atoms with E-state index >= 15 is 0 Å². The molecule has 0 atom stereocenters. The molecule has 1 aromatic rings. The monoisotopic (exact) mass is 287 g/mol. The first-order valence-electron chi connectivity index (χ1n) is 7.18. The number of rotatable bonds is 2. The highest BCUT2D eigenvalue weighted by molar-refractivity contribution is 5.86. The summed E-state index contributed by atoms with van der Waals surface area (Å²) in [6, 6.07) is 7.58. The van der Waals surface area contributed by atoms with Crippen LogP contribution in [0.3, 0.4) is 0 Å². The maximum atomic E-state index is 11.7. The molecule has 1 fully saturated rings. The van der Waals surface area contributed by atoms with Crippen LogP contribution in [0.5, 0.6) is 0 Å². The number of nitrogens with one attached hydrogen (secondary N) is 1. The number of ether oxygens (including phenoxy) is 1. The number of nitrogens with zero attached hydrogens (tertiary/aromatic N) is 2. The van der Waals surface area contributed by atoms with Crippen LogP contribution < -0.4 is 10.2 Å². The first-order valence-corrected chi connectivity index (χ1v) is 7.18. The molecule has 0 bridgehead atoms. The molecule has 1 saturated heterocycles. The van der Waals surface area contributed by atoms with Crippen molar-refractivity contribution in [1.29, 1.82) is 5.26 Å². The molecule has 1 aliphatic heterocycles. The molecule has 0 unspecified atom stereocenters. The van der Waals surface area contributed by atoms with E-state index in [-0.39, 0.29) is 0 Å². The maximum absolute atomic E-state index is 11.7. The third-order valence-electron chi connectivity index (χ3n) is 3.21. The van der Waals surface area contributed by atoms with Crippen LogP contribution in [0.15, 0.2) is 18.2 Å². The average molecular weight is 287 g/mol. The van der Waals surface area contributed by atoms with Crippen molar-refractivity contribution in [3.63, 3.8) is 0 Å². The largest absolute Gasteiger partial charge is 0.444 e. The van der Waals surface area contributed by atoms with Crippen LogP contribution >= 0.6 is 0 Å². The summed E-state index contributed by atoms with van der Waals surface area (Å²) in [5.74, 6) is 0. The van der Waals surface area contributed by atoms with Gasteiger partial charge < -0.3 is 9.64 Å². The molecule has 2 rings (SSSR count). The van der Waals surface area contributed by atoms with Crippen molar-refractivity contribution in [2.24, 2.45) is 0 Å². The van der Waals surface area contributed by atoms with Gasteiger partial charge in [0, 0.05) is 18.8 Å². The van der Waals surface area contributed by atoms with Crippen LogP contribution in [0.2, 0.25) is 0 Å². The van der Waals surface area contributed by atoms with Gasteiger partial charge in [0.25, 0.3) is 0 Å². The zero-order valence-corrected chi connectivity index (χ0v) is 12.8. The van der Waals surface area contributed by atoms with Gasteiger partial charge in [-0.3, -0.25) is 5.32 Å². The minimum Gasteiger partial charge on any atom is -0.444 e. The Balaban J connectivity index is 2.12. The summed E-state index contributed by atoms with van der Waals surface area (Å²) >= 11 is 0. The number of hydrogen-bond donors (Lipinski definition) is 1. The fourth-order valence-electron chi connectivity index (χ4n) is 2.36. The fraction of sp³-hybridized carbons (Fsp3) is 0.500. The Hall–Kier alpha value is -2.22. The molecule has 112 valence electrons. The molecule has 1 amide bonds. The summed E-state index contributed by atoms with van der Waals surface area (Å²) in [7, 11) is 0. The summed E-state index contributed by atoms with van der Waals surface area (Å²) in [4.78, 5) is 13.9. The van der Waals surface area contributed by atoms with Gasteiger partial charge in [-0.2, -0.15) is 5.26 Å². The topological polar surface area (TPSA) is 65.4 Å². The number of amides is 1. The SMILES string of the molecule is CC(C)(C)OC(=O)Nc1ccc(N2CCCC2)c(C#N)c1. The van der Waals surface area contributed by atoms with Crippen molar-refractivity contribution < 1.29 is 9.53 Å². The van der Waals surface area contributed by atoms with E-state index in [0.29, 0.717) is 11.3 Å². The molecule has 0 aliphatic carbocycles. The lowest BCUT2D eigenvalue weighted by Crippen LogP contribution is -2.27. The first-order chi connectivity index (χ1) is 9.89. The number of carbonyl (C=O) groups is 1. The Morgan fingerprint density at radius 2 is 2.00 bits per heavy atom. The number of carbonyl (C=O) groups excluding carboxylic acids is 1. The Bertz CT molecular complexity index is 564. The number of hydrogen-bond acceptors (Lipinski definition) is 4. The molecule has 5 nitrogen and oxygen atoms in total. The zero-order valence-electron chi connectivity index (χ0n) is 12.8. The van der Waals surface area contributed by atoms with E-state index < -0.39 is 11.7 Å². The highest BCUT2D eigenvalue weighted by Crippen LogP contribution is 2.27. The Morgan fingerprint density at radius 1 is 1.33 bits per heavy atom. The minimum atomic E-state index is -0.544. The predicted octanol–water partition coefficient (Wildman–Crippen LogP) is 3.51. The highest BCUT2D eigenvalue weighted by atomic mass is 16.6. The molecule has 1 aromatic carbocycles. The lowest BCUT2D eigenvalue weighted by molar-refractivity contribution is 0.0636. The van der Waals surface area contributed by atoms with Crippen LogP contribution in [0.4, 0.5) is 16.2 Å². The van der Waals surface area contributed by atoms with Gasteiger partial charge in [-0.15, -0.1) is 0 Å². The van der Waals surface area contributed by atoms with E-state index in [2.05, 4.69) is 16.3 Å². The smallest absolute Gasteiger partial charge is 0.412 e. The molecule has 21 heavy (non-hydrogen) atoms.